The first-order chi connectivity index (χ1) is 10.1. The van der Waals surface area contributed by atoms with Gasteiger partial charge in [0.15, 0.2) is 0 Å². The van der Waals surface area contributed by atoms with Gasteiger partial charge in [-0.05, 0) is 43.8 Å². The summed E-state index contributed by atoms with van der Waals surface area (Å²) in [5.41, 5.74) is 1.32. The highest BCUT2D eigenvalue weighted by molar-refractivity contribution is 5.77. The molecule has 118 valence electrons. The average molecular weight is 291 g/mol. The Morgan fingerprint density at radius 2 is 2.29 bits per heavy atom. The van der Waals surface area contributed by atoms with Gasteiger partial charge in [-0.3, -0.25) is 9.48 Å². The maximum Gasteiger partial charge on any atom is 0.132 e. The van der Waals surface area contributed by atoms with Crippen molar-refractivity contribution in [3.63, 3.8) is 0 Å². The molecule has 1 saturated heterocycles. The molecule has 0 saturated carbocycles. The third-order valence-corrected chi connectivity index (χ3v) is 4.47. The van der Waals surface area contributed by atoms with Gasteiger partial charge in [-0.2, -0.15) is 5.10 Å². The van der Waals surface area contributed by atoms with E-state index in [1.54, 1.807) is 0 Å². The number of hydrogen-bond donors (Lipinski definition) is 0. The first-order valence-corrected chi connectivity index (χ1v) is 8.38. The van der Waals surface area contributed by atoms with Gasteiger partial charge in [0.25, 0.3) is 0 Å². The fourth-order valence-corrected chi connectivity index (χ4v) is 2.98. The zero-order valence-corrected chi connectivity index (χ0v) is 13.7. The van der Waals surface area contributed by atoms with Gasteiger partial charge in [-0.15, -0.1) is 0 Å². The minimum Gasteiger partial charge on any atom is -0.301 e. The highest BCUT2D eigenvalue weighted by Gasteiger charge is 2.22. The minimum absolute atomic E-state index is 0.386. The molecule has 0 amide bonds. The van der Waals surface area contributed by atoms with Gasteiger partial charge in [0, 0.05) is 25.6 Å². The van der Waals surface area contributed by atoms with Gasteiger partial charge in [0.05, 0.1) is 12.2 Å². The van der Waals surface area contributed by atoms with Crippen LogP contribution >= 0.6 is 0 Å². The molecular weight excluding hydrogens is 262 g/mol. The van der Waals surface area contributed by atoms with Crippen molar-refractivity contribution in [2.45, 2.75) is 64.8 Å². The van der Waals surface area contributed by atoms with Crippen LogP contribution in [0.1, 0.15) is 70.4 Å². The summed E-state index contributed by atoms with van der Waals surface area (Å²) in [4.78, 5) is 13.9. The number of Topliss-reactive ketones (excluding diaryl/α,β-unsaturated/α-hetero) is 1. The molecule has 1 unspecified atom stereocenters. The molecule has 2 rings (SSSR count). The summed E-state index contributed by atoms with van der Waals surface area (Å²) in [5.74, 6) is 0.927. The number of piperidine rings is 1. The molecule has 1 atom stereocenters. The first kappa shape index (κ1) is 16.2. The Hall–Kier alpha value is -1.16. The van der Waals surface area contributed by atoms with Crippen LogP contribution in [-0.4, -0.2) is 40.1 Å². The van der Waals surface area contributed by atoms with Crippen molar-refractivity contribution in [3.05, 3.63) is 18.0 Å². The second-order valence-electron chi connectivity index (χ2n) is 6.50. The fourth-order valence-electron chi connectivity index (χ4n) is 2.98. The number of rotatable bonds is 7. The Labute approximate surface area is 128 Å². The Morgan fingerprint density at radius 1 is 1.48 bits per heavy atom. The molecule has 4 nitrogen and oxygen atoms in total. The molecule has 1 fully saturated rings. The van der Waals surface area contributed by atoms with Crippen molar-refractivity contribution in [2.75, 3.05) is 19.6 Å². The Balaban J connectivity index is 1.83. The molecule has 21 heavy (non-hydrogen) atoms. The Morgan fingerprint density at radius 3 is 2.95 bits per heavy atom. The van der Waals surface area contributed by atoms with Crippen LogP contribution < -0.4 is 0 Å². The molecule has 0 N–H and O–H groups in total. The van der Waals surface area contributed by atoms with E-state index in [9.17, 15) is 4.79 Å². The van der Waals surface area contributed by atoms with Crippen LogP contribution in [0.15, 0.2) is 12.4 Å². The highest BCUT2D eigenvalue weighted by atomic mass is 16.1. The number of likely N-dealkylation sites (tertiary alicyclic amines) is 1. The lowest BCUT2D eigenvalue weighted by molar-refractivity contribution is -0.118. The monoisotopic (exact) mass is 291 g/mol. The summed E-state index contributed by atoms with van der Waals surface area (Å²) in [6.07, 6.45) is 9.05. The molecule has 4 heteroatoms. The van der Waals surface area contributed by atoms with Crippen molar-refractivity contribution in [1.29, 1.82) is 0 Å². The fraction of sp³-hybridized carbons (Fsp3) is 0.765. The summed E-state index contributed by atoms with van der Waals surface area (Å²) in [7, 11) is 0. The van der Waals surface area contributed by atoms with E-state index in [0.29, 0.717) is 24.2 Å². The molecule has 1 aromatic heterocycles. The number of carbonyl (C=O) groups excluding carboxylic acids is 1. The summed E-state index contributed by atoms with van der Waals surface area (Å²) < 4.78 is 2.15. The van der Waals surface area contributed by atoms with E-state index in [4.69, 9.17) is 0 Å². The van der Waals surface area contributed by atoms with Gasteiger partial charge in [0.2, 0.25) is 0 Å². The van der Waals surface area contributed by atoms with Crippen molar-refractivity contribution in [1.82, 2.24) is 14.7 Å². The van der Waals surface area contributed by atoms with Gasteiger partial charge >= 0.3 is 0 Å². The van der Waals surface area contributed by atoms with E-state index in [1.165, 1.54) is 18.4 Å². The number of carbonyl (C=O) groups is 1. The second-order valence-corrected chi connectivity index (χ2v) is 6.50. The van der Waals surface area contributed by atoms with Crippen LogP contribution in [0.5, 0.6) is 0 Å². The first-order valence-electron chi connectivity index (χ1n) is 8.38. The summed E-state index contributed by atoms with van der Waals surface area (Å²) in [6, 6.07) is 0.494. The normalized spacial score (nSPS) is 20.1. The highest BCUT2D eigenvalue weighted by Crippen LogP contribution is 2.23. The summed E-state index contributed by atoms with van der Waals surface area (Å²) in [6.45, 7) is 9.64. The van der Waals surface area contributed by atoms with E-state index < -0.39 is 0 Å². The second kappa shape index (κ2) is 7.74. The van der Waals surface area contributed by atoms with Crippen molar-refractivity contribution >= 4 is 5.78 Å². The summed E-state index contributed by atoms with van der Waals surface area (Å²) >= 11 is 0. The predicted molar refractivity (Wildman–Crippen MR) is 85.6 cm³/mol. The average Bonchev–Trinajstić information content (AvgIpc) is 2.97. The molecule has 0 bridgehead atoms. The number of aromatic nitrogens is 2. The standard InChI is InChI=1S/C17H29N3O/c1-4-17(21)8-6-10-19-9-5-7-16(13-19)20-12-15(11-18-20)14(2)3/h11-12,14,16H,4-10,13H2,1-3H3. The lowest BCUT2D eigenvalue weighted by Crippen LogP contribution is -2.37. The zero-order valence-electron chi connectivity index (χ0n) is 13.7. The number of ketones is 1. The molecule has 0 spiro atoms. The third-order valence-electron chi connectivity index (χ3n) is 4.47. The Kier molecular flexibility index (Phi) is 5.97. The van der Waals surface area contributed by atoms with E-state index >= 15 is 0 Å². The van der Waals surface area contributed by atoms with E-state index in [-0.39, 0.29) is 0 Å². The number of nitrogens with zero attached hydrogens (tertiary/aromatic N) is 3. The van der Waals surface area contributed by atoms with Gasteiger partial charge in [0.1, 0.15) is 5.78 Å². The van der Waals surface area contributed by atoms with E-state index in [2.05, 4.69) is 34.7 Å². The lowest BCUT2D eigenvalue weighted by Gasteiger charge is -2.32. The van der Waals surface area contributed by atoms with Crippen LogP contribution in [-0.2, 0) is 4.79 Å². The maximum atomic E-state index is 11.4. The Bertz CT molecular complexity index is 453. The van der Waals surface area contributed by atoms with Crippen LogP contribution in [0.3, 0.4) is 0 Å². The van der Waals surface area contributed by atoms with Crippen LogP contribution in [0, 0.1) is 0 Å². The van der Waals surface area contributed by atoms with E-state index in [1.807, 2.05) is 13.1 Å². The van der Waals surface area contributed by atoms with E-state index in [0.717, 1.165) is 32.5 Å². The molecule has 0 aliphatic carbocycles. The topological polar surface area (TPSA) is 38.1 Å². The summed E-state index contributed by atoms with van der Waals surface area (Å²) in [5, 5.41) is 4.55. The van der Waals surface area contributed by atoms with Crippen molar-refractivity contribution in [2.24, 2.45) is 0 Å². The largest absolute Gasteiger partial charge is 0.301 e. The van der Waals surface area contributed by atoms with Gasteiger partial charge in [-0.1, -0.05) is 20.8 Å². The van der Waals surface area contributed by atoms with Crippen LogP contribution in [0.2, 0.25) is 0 Å². The third kappa shape index (κ3) is 4.67. The SMILES string of the molecule is CCC(=O)CCCN1CCCC(n2cc(C(C)C)cn2)C1. The predicted octanol–water partition coefficient (Wildman–Crippen LogP) is 3.40. The smallest absolute Gasteiger partial charge is 0.132 e. The van der Waals surface area contributed by atoms with Gasteiger partial charge < -0.3 is 4.90 Å². The van der Waals surface area contributed by atoms with Gasteiger partial charge in [-0.25, -0.2) is 0 Å². The molecular formula is C17H29N3O. The lowest BCUT2D eigenvalue weighted by atomic mass is 10.0. The van der Waals surface area contributed by atoms with Crippen LogP contribution in [0.4, 0.5) is 0 Å². The molecule has 1 aliphatic rings. The molecule has 1 aromatic rings. The maximum absolute atomic E-state index is 11.4. The van der Waals surface area contributed by atoms with Crippen molar-refractivity contribution < 1.29 is 4.79 Å². The molecule has 2 heterocycles. The zero-order chi connectivity index (χ0) is 15.2. The molecule has 0 aromatic carbocycles. The number of hydrogen-bond acceptors (Lipinski definition) is 3. The molecule has 0 radical (unpaired) electrons. The molecule has 1 aliphatic heterocycles. The minimum atomic E-state index is 0.386. The van der Waals surface area contributed by atoms with Crippen LogP contribution in [0.25, 0.3) is 0 Å². The quantitative estimate of drug-likeness (QED) is 0.772. The van der Waals surface area contributed by atoms with Crippen molar-refractivity contribution in [3.8, 4) is 0 Å².